The van der Waals surface area contributed by atoms with Crippen molar-refractivity contribution in [1.29, 1.82) is 0 Å². The van der Waals surface area contributed by atoms with Crippen LogP contribution in [0.2, 0.25) is 0 Å². The van der Waals surface area contributed by atoms with Gasteiger partial charge in [0.25, 0.3) is 0 Å². The molecule has 0 saturated heterocycles. The second kappa shape index (κ2) is 10.0. The average molecular weight is 195 g/mol. The molecule has 0 fully saturated rings. The van der Waals surface area contributed by atoms with Crippen LogP contribution in [0.4, 0.5) is 0 Å². The average Bonchev–Trinajstić information content (AvgIpc) is 2.21. The maximum atomic E-state index is 10.7. The quantitative estimate of drug-likeness (QED) is 0.342. The fraction of sp³-hybridized carbons (Fsp3) is 0.583. The zero-order chi connectivity index (χ0) is 10.6. The highest BCUT2D eigenvalue weighted by Crippen LogP contribution is 2.04. The molecule has 0 aromatic rings. The number of nitrogens with one attached hydrogen (secondary N) is 1. The number of hydrogen-bond acceptors (Lipinski definition) is 1. The molecule has 2 nitrogen and oxygen atoms in total. The lowest BCUT2D eigenvalue weighted by Gasteiger charge is -2.01. The van der Waals surface area contributed by atoms with Crippen LogP contribution in [0.25, 0.3) is 0 Å². The highest BCUT2D eigenvalue weighted by molar-refractivity contribution is 5.86. The SMILES string of the molecule is C=CCCCCCCCNC(=O)C=C. The van der Waals surface area contributed by atoms with Crippen molar-refractivity contribution in [2.24, 2.45) is 0 Å². The molecule has 0 aromatic heterocycles. The summed E-state index contributed by atoms with van der Waals surface area (Å²) < 4.78 is 0. The maximum absolute atomic E-state index is 10.7. The molecule has 0 aromatic carbocycles. The number of carbonyl (C=O) groups excluding carboxylic acids is 1. The maximum Gasteiger partial charge on any atom is 0.243 e. The summed E-state index contributed by atoms with van der Waals surface area (Å²) in [6.45, 7) is 7.84. The Morgan fingerprint density at radius 2 is 1.71 bits per heavy atom. The zero-order valence-corrected chi connectivity index (χ0v) is 8.93. The van der Waals surface area contributed by atoms with Crippen LogP contribution < -0.4 is 5.32 Å². The minimum absolute atomic E-state index is 0.0725. The van der Waals surface area contributed by atoms with E-state index in [-0.39, 0.29) is 5.91 Å². The number of hydrogen-bond donors (Lipinski definition) is 1. The molecule has 1 amide bonds. The van der Waals surface area contributed by atoms with E-state index in [1.54, 1.807) is 0 Å². The van der Waals surface area contributed by atoms with Gasteiger partial charge in [0, 0.05) is 6.54 Å². The minimum atomic E-state index is -0.0725. The predicted octanol–water partition coefficient (Wildman–Crippen LogP) is 2.82. The van der Waals surface area contributed by atoms with Crippen molar-refractivity contribution < 1.29 is 4.79 Å². The molecule has 0 spiro atoms. The van der Waals surface area contributed by atoms with Gasteiger partial charge in [-0.1, -0.05) is 31.9 Å². The van der Waals surface area contributed by atoms with Gasteiger partial charge in [-0.2, -0.15) is 0 Å². The van der Waals surface area contributed by atoms with Gasteiger partial charge in [0.15, 0.2) is 0 Å². The van der Waals surface area contributed by atoms with E-state index in [1.807, 2.05) is 6.08 Å². The summed E-state index contributed by atoms with van der Waals surface area (Å²) in [5.74, 6) is -0.0725. The summed E-state index contributed by atoms with van der Waals surface area (Å²) in [6.07, 6.45) is 10.4. The molecular formula is C12H21NO. The van der Waals surface area contributed by atoms with Crippen molar-refractivity contribution in [3.63, 3.8) is 0 Å². The highest BCUT2D eigenvalue weighted by Gasteiger charge is 1.93. The van der Waals surface area contributed by atoms with Gasteiger partial charge in [-0.25, -0.2) is 0 Å². The normalized spacial score (nSPS) is 9.43. The Balaban J connectivity index is 3.02. The molecule has 0 aliphatic carbocycles. The van der Waals surface area contributed by atoms with Crippen LogP contribution in [0.1, 0.15) is 38.5 Å². The number of allylic oxidation sites excluding steroid dienone is 1. The van der Waals surface area contributed by atoms with Crippen LogP contribution in [0.15, 0.2) is 25.3 Å². The summed E-state index contributed by atoms with van der Waals surface area (Å²) >= 11 is 0. The molecule has 0 radical (unpaired) electrons. The lowest BCUT2D eigenvalue weighted by Crippen LogP contribution is -2.21. The Hall–Kier alpha value is -1.05. The molecule has 0 aliphatic rings. The second-order valence-corrected chi connectivity index (χ2v) is 3.34. The zero-order valence-electron chi connectivity index (χ0n) is 8.93. The van der Waals surface area contributed by atoms with Crippen molar-refractivity contribution in [3.8, 4) is 0 Å². The Labute approximate surface area is 87.1 Å². The van der Waals surface area contributed by atoms with Gasteiger partial charge in [-0.15, -0.1) is 6.58 Å². The van der Waals surface area contributed by atoms with E-state index >= 15 is 0 Å². The van der Waals surface area contributed by atoms with Crippen LogP contribution in [0.5, 0.6) is 0 Å². The number of unbranched alkanes of at least 4 members (excludes halogenated alkanes) is 5. The van der Waals surface area contributed by atoms with Gasteiger partial charge < -0.3 is 5.32 Å². The number of rotatable bonds is 9. The van der Waals surface area contributed by atoms with Crippen molar-refractivity contribution in [1.82, 2.24) is 5.32 Å². The molecule has 0 atom stereocenters. The standard InChI is InChI=1S/C12H21NO/c1-3-5-6-7-8-9-10-11-13-12(14)4-2/h3-4H,1-2,5-11H2,(H,13,14). The molecule has 80 valence electrons. The van der Waals surface area contributed by atoms with E-state index in [0.717, 1.165) is 19.4 Å². The van der Waals surface area contributed by atoms with Gasteiger partial charge in [0.05, 0.1) is 0 Å². The van der Waals surface area contributed by atoms with Crippen molar-refractivity contribution in [2.45, 2.75) is 38.5 Å². The Morgan fingerprint density at radius 1 is 1.07 bits per heavy atom. The molecule has 2 heteroatoms. The van der Waals surface area contributed by atoms with Crippen LogP contribution in [0, 0.1) is 0 Å². The first-order chi connectivity index (χ1) is 6.81. The number of carbonyl (C=O) groups is 1. The van der Waals surface area contributed by atoms with Crippen LogP contribution in [-0.4, -0.2) is 12.5 Å². The van der Waals surface area contributed by atoms with Crippen molar-refractivity contribution >= 4 is 5.91 Å². The van der Waals surface area contributed by atoms with Gasteiger partial charge in [-0.3, -0.25) is 4.79 Å². The van der Waals surface area contributed by atoms with E-state index in [1.165, 1.54) is 31.8 Å². The van der Waals surface area contributed by atoms with Crippen molar-refractivity contribution in [2.75, 3.05) is 6.54 Å². The first kappa shape index (κ1) is 12.9. The first-order valence-electron chi connectivity index (χ1n) is 5.32. The van der Waals surface area contributed by atoms with Gasteiger partial charge in [0.1, 0.15) is 0 Å². The molecule has 0 bridgehead atoms. The third-order valence-electron chi connectivity index (χ3n) is 2.07. The van der Waals surface area contributed by atoms with Crippen LogP contribution in [0.3, 0.4) is 0 Å². The molecular weight excluding hydrogens is 174 g/mol. The Bertz CT molecular complexity index is 175. The lowest BCUT2D eigenvalue weighted by atomic mass is 10.1. The molecule has 0 aliphatic heterocycles. The fourth-order valence-electron chi connectivity index (χ4n) is 1.23. The fourth-order valence-corrected chi connectivity index (χ4v) is 1.23. The smallest absolute Gasteiger partial charge is 0.243 e. The van der Waals surface area contributed by atoms with Crippen LogP contribution in [-0.2, 0) is 4.79 Å². The predicted molar refractivity (Wildman–Crippen MR) is 61.1 cm³/mol. The lowest BCUT2D eigenvalue weighted by molar-refractivity contribution is -0.116. The number of amides is 1. The monoisotopic (exact) mass is 195 g/mol. The largest absolute Gasteiger partial charge is 0.353 e. The molecule has 1 N–H and O–H groups in total. The molecule has 0 unspecified atom stereocenters. The first-order valence-corrected chi connectivity index (χ1v) is 5.32. The topological polar surface area (TPSA) is 29.1 Å². The van der Waals surface area contributed by atoms with E-state index in [4.69, 9.17) is 0 Å². The van der Waals surface area contributed by atoms with Gasteiger partial charge in [-0.05, 0) is 25.3 Å². The van der Waals surface area contributed by atoms with E-state index < -0.39 is 0 Å². The molecule has 0 rings (SSSR count). The molecule has 0 saturated carbocycles. The molecule has 14 heavy (non-hydrogen) atoms. The summed E-state index contributed by atoms with van der Waals surface area (Å²) in [7, 11) is 0. The second-order valence-electron chi connectivity index (χ2n) is 3.34. The van der Waals surface area contributed by atoms with E-state index in [2.05, 4.69) is 18.5 Å². The Morgan fingerprint density at radius 3 is 2.36 bits per heavy atom. The summed E-state index contributed by atoms with van der Waals surface area (Å²) in [6, 6.07) is 0. The third-order valence-corrected chi connectivity index (χ3v) is 2.07. The minimum Gasteiger partial charge on any atom is -0.353 e. The summed E-state index contributed by atoms with van der Waals surface area (Å²) in [5, 5.41) is 2.76. The molecule has 0 heterocycles. The summed E-state index contributed by atoms with van der Waals surface area (Å²) in [5.41, 5.74) is 0. The Kier molecular flexibility index (Phi) is 9.28. The van der Waals surface area contributed by atoms with E-state index in [9.17, 15) is 4.79 Å². The third kappa shape index (κ3) is 9.04. The van der Waals surface area contributed by atoms with Gasteiger partial charge >= 0.3 is 0 Å². The summed E-state index contributed by atoms with van der Waals surface area (Å²) in [4.78, 5) is 10.7. The van der Waals surface area contributed by atoms with Crippen molar-refractivity contribution in [3.05, 3.63) is 25.3 Å². The van der Waals surface area contributed by atoms with Gasteiger partial charge in [0.2, 0.25) is 5.91 Å². The van der Waals surface area contributed by atoms with Crippen LogP contribution >= 0.6 is 0 Å². The highest BCUT2D eigenvalue weighted by atomic mass is 16.1. The van der Waals surface area contributed by atoms with E-state index in [0.29, 0.717) is 0 Å².